The van der Waals surface area contributed by atoms with Crippen LogP contribution in [0.3, 0.4) is 0 Å². The lowest BCUT2D eigenvalue weighted by Gasteiger charge is -2.31. The molecule has 2 N–H and O–H groups in total. The van der Waals surface area contributed by atoms with Crippen LogP contribution in [0.5, 0.6) is 0 Å². The molecule has 1 aliphatic heterocycles. The molecular weight excluding hydrogens is 242 g/mol. The minimum atomic E-state index is -1.18. The van der Waals surface area contributed by atoms with E-state index in [1.54, 1.807) is 7.11 Å². The largest absolute Gasteiger partial charge is 0.481 e. The standard InChI is InChI=1S/C11H14ClN3O2/c1-7-4-5-13-9(7)8-10(16-2)14-6-15-11(8,12)17-3/h4-6,13H,1-3H3,(H,14,15). The van der Waals surface area contributed by atoms with E-state index in [1.165, 1.54) is 13.4 Å². The maximum atomic E-state index is 6.38. The van der Waals surface area contributed by atoms with Gasteiger partial charge in [0, 0.05) is 13.3 Å². The smallest absolute Gasteiger partial charge is 0.252 e. The van der Waals surface area contributed by atoms with Gasteiger partial charge in [0.05, 0.1) is 19.1 Å². The molecule has 0 fully saturated rings. The highest BCUT2D eigenvalue weighted by Gasteiger charge is 2.39. The fraction of sp³-hybridized carbons (Fsp3) is 0.364. The zero-order valence-corrected chi connectivity index (χ0v) is 10.6. The van der Waals surface area contributed by atoms with E-state index in [4.69, 9.17) is 21.1 Å². The Labute approximate surface area is 104 Å². The number of H-pyrrole nitrogens is 1. The van der Waals surface area contributed by atoms with Crippen LogP contribution in [-0.4, -0.2) is 30.7 Å². The van der Waals surface area contributed by atoms with Crippen LogP contribution in [0.2, 0.25) is 0 Å². The highest BCUT2D eigenvalue weighted by atomic mass is 35.5. The third-order valence-electron chi connectivity index (χ3n) is 2.65. The molecule has 0 saturated heterocycles. The molecule has 0 saturated carbocycles. The molecule has 1 unspecified atom stereocenters. The number of nitrogens with zero attached hydrogens (tertiary/aromatic N) is 1. The van der Waals surface area contributed by atoms with Crippen molar-refractivity contribution in [1.82, 2.24) is 10.3 Å². The first-order valence-corrected chi connectivity index (χ1v) is 5.47. The summed E-state index contributed by atoms with van der Waals surface area (Å²) in [6, 6.07) is 1.95. The summed E-state index contributed by atoms with van der Waals surface area (Å²) in [6.45, 7) is 1.97. The molecule has 2 rings (SSSR count). The van der Waals surface area contributed by atoms with Gasteiger partial charge >= 0.3 is 0 Å². The van der Waals surface area contributed by atoms with Crippen LogP contribution < -0.4 is 5.32 Å². The predicted octanol–water partition coefficient (Wildman–Crippen LogP) is 1.81. The molecule has 0 radical (unpaired) electrons. The van der Waals surface area contributed by atoms with Gasteiger partial charge in [-0.3, -0.25) is 0 Å². The molecular formula is C11H14ClN3O2. The molecule has 5 nitrogen and oxygen atoms in total. The molecule has 1 aromatic heterocycles. The van der Waals surface area contributed by atoms with Crippen molar-refractivity contribution >= 4 is 23.5 Å². The van der Waals surface area contributed by atoms with Gasteiger partial charge in [-0.2, -0.15) is 0 Å². The molecule has 92 valence electrons. The van der Waals surface area contributed by atoms with Gasteiger partial charge in [-0.15, -0.1) is 0 Å². The van der Waals surface area contributed by atoms with Crippen molar-refractivity contribution in [2.75, 3.05) is 14.2 Å². The molecule has 0 aliphatic carbocycles. The molecule has 2 heterocycles. The Hall–Kier alpha value is -1.46. The van der Waals surface area contributed by atoms with Gasteiger partial charge in [0.2, 0.25) is 5.88 Å². The van der Waals surface area contributed by atoms with Gasteiger partial charge in [0.1, 0.15) is 5.57 Å². The predicted molar refractivity (Wildman–Crippen MR) is 66.7 cm³/mol. The number of ether oxygens (including phenoxy) is 2. The van der Waals surface area contributed by atoms with E-state index in [-0.39, 0.29) is 0 Å². The number of hydrogen-bond acceptors (Lipinski definition) is 4. The Balaban J connectivity index is 2.61. The van der Waals surface area contributed by atoms with Gasteiger partial charge in [0.25, 0.3) is 5.18 Å². The van der Waals surface area contributed by atoms with E-state index in [0.717, 1.165) is 11.3 Å². The Morgan fingerprint density at radius 3 is 2.71 bits per heavy atom. The van der Waals surface area contributed by atoms with Crippen molar-refractivity contribution in [2.45, 2.75) is 12.1 Å². The lowest BCUT2D eigenvalue weighted by atomic mass is 10.1. The second kappa shape index (κ2) is 4.43. The number of hydrogen-bond donors (Lipinski definition) is 2. The first-order valence-electron chi connectivity index (χ1n) is 5.09. The zero-order valence-electron chi connectivity index (χ0n) is 9.87. The first kappa shape index (κ1) is 12.0. The van der Waals surface area contributed by atoms with Crippen LogP contribution >= 0.6 is 11.6 Å². The Kier molecular flexibility index (Phi) is 3.13. The lowest BCUT2D eigenvalue weighted by Crippen LogP contribution is -2.44. The van der Waals surface area contributed by atoms with Crippen LogP contribution in [0.4, 0.5) is 0 Å². The molecule has 0 aromatic carbocycles. The Morgan fingerprint density at radius 2 is 2.18 bits per heavy atom. The summed E-state index contributed by atoms with van der Waals surface area (Å²) in [4.78, 5) is 7.22. The molecule has 1 atom stereocenters. The number of aromatic nitrogens is 1. The summed E-state index contributed by atoms with van der Waals surface area (Å²) >= 11 is 6.38. The Bertz CT molecular complexity index is 481. The van der Waals surface area contributed by atoms with E-state index in [2.05, 4.69) is 15.3 Å². The van der Waals surface area contributed by atoms with Gasteiger partial charge < -0.3 is 19.8 Å². The van der Waals surface area contributed by atoms with E-state index in [1.807, 2.05) is 19.2 Å². The average Bonchev–Trinajstić information content (AvgIpc) is 2.74. The van der Waals surface area contributed by atoms with Crippen LogP contribution in [0.25, 0.3) is 5.57 Å². The van der Waals surface area contributed by atoms with E-state index < -0.39 is 5.18 Å². The van der Waals surface area contributed by atoms with Crippen molar-refractivity contribution in [3.8, 4) is 0 Å². The number of methoxy groups -OCH3 is 2. The molecule has 0 bridgehead atoms. The maximum absolute atomic E-state index is 6.38. The minimum absolute atomic E-state index is 0.422. The molecule has 1 aliphatic rings. The van der Waals surface area contributed by atoms with E-state index in [9.17, 15) is 0 Å². The van der Waals surface area contributed by atoms with E-state index in [0.29, 0.717) is 11.5 Å². The van der Waals surface area contributed by atoms with Gasteiger partial charge in [-0.05, 0) is 18.6 Å². The monoisotopic (exact) mass is 255 g/mol. The third-order valence-corrected chi connectivity index (χ3v) is 3.10. The topological polar surface area (TPSA) is 58.6 Å². The van der Waals surface area contributed by atoms with Crippen LogP contribution in [0.15, 0.2) is 23.1 Å². The average molecular weight is 256 g/mol. The molecule has 0 spiro atoms. The van der Waals surface area contributed by atoms with E-state index >= 15 is 0 Å². The highest BCUT2D eigenvalue weighted by molar-refractivity contribution is 6.29. The normalized spacial score (nSPS) is 23.8. The fourth-order valence-electron chi connectivity index (χ4n) is 1.75. The SMILES string of the molecule is COC1=C(c2[nH]ccc2C)C(Cl)(OC)NC=N1. The summed E-state index contributed by atoms with van der Waals surface area (Å²) < 4.78 is 10.5. The minimum Gasteiger partial charge on any atom is -0.481 e. The third kappa shape index (κ3) is 1.92. The summed E-state index contributed by atoms with van der Waals surface area (Å²) in [7, 11) is 3.06. The highest BCUT2D eigenvalue weighted by Crippen LogP contribution is 2.37. The van der Waals surface area contributed by atoms with Crippen LogP contribution in [0.1, 0.15) is 11.3 Å². The van der Waals surface area contributed by atoms with Crippen molar-refractivity contribution in [2.24, 2.45) is 4.99 Å². The Morgan fingerprint density at radius 1 is 1.41 bits per heavy atom. The van der Waals surface area contributed by atoms with Crippen molar-refractivity contribution in [3.05, 3.63) is 29.4 Å². The number of aliphatic imine (C=N–C) groups is 1. The summed E-state index contributed by atoms with van der Waals surface area (Å²) in [5.41, 5.74) is 2.51. The molecule has 1 aromatic rings. The van der Waals surface area contributed by atoms with Crippen molar-refractivity contribution in [3.63, 3.8) is 0 Å². The number of alkyl halides is 1. The lowest BCUT2D eigenvalue weighted by molar-refractivity contribution is 0.0955. The molecule has 6 heteroatoms. The number of halogens is 1. The summed E-state index contributed by atoms with van der Waals surface area (Å²) in [6.07, 6.45) is 3.29. The number of aryl methyl sites for hydroxylation is 1. The summed E-state index contributed by atoms with van der Waals surface area (Å²) in [5, 5.41) is 1.69. The number of aromatic amines is 1. The maximum Gasteiger partial charge on any atom is 0.252 e. The second-order valence-electron chi connectivity index (χ2n) is 3.62. The quantitative estimate of drug-likeness (QED) is 0.640. The van der Waals surface area contributed by atoms with Crippen LogP contribution in [0, 0.1) is 6.92 Å². The van der Waals surface area contributed by atoms with Gasteiger partial charge in [-0.1, -0.05) is 11.6 Å². The van der Waals surface area contributed by atoms with Gasteiger partial charge in [0.15, 0.2) is 0 Å². The molecule has 17 heavy (non-hydrogen) atoms. The number of rotatable bonds is 3. The first-order chi connectivity index (χ1) is 8.12. The fourth-order valence-corrected chi connectivity index (χ4v) is 1.97. The van der Waals surface area contributed by atoms with Crippen LogP contribution in [-0.2, 0) is 9.47 Å². The summed E-state index contributed by atoms with van der Waals surface area (Å²) in [5.74, 6) is 0.422. The second-order valence-corrected chi connectivity index (χ2v) is 4.15. The van der Waals surface area contributed by atoms with Gasteiger partial charge in [-0.25, -0.2) is 4.99 Å². The number of nitrogens with one attached hydrogen (secondary N) is 2. The molecule has 0 amide bonds. The zero-order chi connectivity index (χ0) is 12.5. The van der Waals surface area contributed by atoms with Crippen molar-refractivity contribution < 1.29 is 9.47 Å². The van der Waals surface area contributed by atoms with Crippen molar-refractivity contribution in [1.29, 1.82) is 0 Å².